The Morgan fingerprint density at radius 1 is 1.00 bits per heavy atom. The van der Waals surface area contributed by atoms with Gasteiger partial charge in [-0.15, -0.1) is 0 Å². The van der Waals surface area contributed by atoms with Crippen LogP contribution in [0.15, 0.2) is 82.1 Å². The van der Waals surface area contributed by atoms with E-state index in [1.165, 1.54) is 19.2 Å². The summed E-state index contributed by atoms with van der Waals surface area (Å²) in [5.41, 5.74) is 2.06. The number of methoxy groups -OCH3 is 1. The van der Waals surface area contributed by atoms with Crippen LogP contribution in [0.3, 0.4) is 0 Å². The highest BCUT2D eigenvalue weighted by Crippen LogP contribution is 2.25. The van der Waals surface area contributed by atoms with E-state index in [0.717, 1.165) is 11.0 Å². The van der Waals surface area contributed by atoms with E-state index in [2.05, 4.69) is 10.0 Å². The Balaban J connectivity index is 1.54. The van der Waals surface area contributed by atoms with Crippen LogP contribution in [0.5, 0.6) is 5.75 Å². The first-order valence-corrected chi connectivity index (χ1v) is 11.8. The second-order valence-electron chi connectivity index (χ2n) is 7.69. The summed E-state index contributed by atoms with van der Waals surface area (Å²) in [5.74, 6) is 0.847. The highest BCUT2D eigenvalue weighted by atomic mass is 32.2. The summed E-state index contributed by atoms with van der Waals surface area (Å²) in [7, 11) is -2.36. The third-order valence-electron chi connectivity index (χ3n) is 5.33. The van der Waals surface area contributed by atoms with E-state index in [1.807, 2.05) is 37.3 Å². The van der Waals surface area contributed by atoms with Gasteiger partial charge in [0, 0.05) is 16.6 Å². The summed E-state index contributed by atoms with van der Waals surface area (Å²) in [6, 6.07) is 20.1. The number of ether oxygens (including phenoxy) is 1. The van der Waals surface area contributed by atoms with Crippen LogP contribution in [0.25, 0.3) is 11.0 Å². The van der Waals surface area contributed by atoms with Gasteiger partial charge in [0.25, 0.3) is 15.9 Å². The molecule has 1 atom stereocenters. The fraction of sp³-hybridized carbons (Fsp3) is 0.160. The van der Waals surface area contributed by atoms with Crippen molar-refractivity contribution in [1.82, 2.24) is 5.32 Å². The van der Waals surface area contributed by atoms with E-state index < -0.39 is 16.1 Å². The minimum Gasteiger partial charge on any atom is -0.497 e. The highest BCUT2D eigenvalue weighted by Gasteiger charge is 2.21. The molecule has 1 unspecified atom stereocenters. The van der Waals surface area contributed by atoms with Crippen molar-refractivity contribution in [3.8, 4) is 5.75 Å². The van der Waals surface area contributed by atoms with Crippen molar-refractivity contribution in [2.24, 2.45) is 0 Å². The summed E-state index contributed by atoms with van der Waals surface area (Å²) >= 11 is 0. The van der Waals surface area contributed by atoms with Crippen LogP contribution >= 0.6 is 0 Å². The topological polar surface area (TPSA) is 97.6 Å². The van der Waals surface area contributed by atoms with Crippen molar-refractivity contribution in [3.05, 3.63) is 89.7 Å². The quantitative estimate of drug-likeness (QED) is 0.399. The largest absolute Gasteiger partial charge is 0.497 e. The van der Waals surface area contributed by atoms with Crippen molar-refractivity contribution >= 4 is 32.6 Å². The standard InChI is InChI=1S/C25H24N2O5S/c1-16-8-13-21(33(29,30)27-19-9-11-20(31-3)12-10-19)15-22(16)25(28)26-17(2)24-14-18-6-4-5-7-23(18)32-24/h4-15,17,27H,1-3H3,(H,26,28). The van der Waals surface area contributed by atoms with E-state index in [4.69, 9.17) is 9.15 Å². The Bertz CT molecular complexity index is 1380. The van der Waals surface area contributed by atoms with E-state index in [0.29, 0.717) is 22.8 Å². The number of carbonyl (C=O) groups excluding carboxylic acids is 1. The van der Waals surface area contributed by atoms with Gasteiger partial charge in [-0.25, -0.2) is 8.42 Å². The van der Waals surface area contributed by atoms with Crippen molar-refractivity contribution in [1.29, 1.82) is 0 Å². The molecular formula is C25H24N2O5S. The fourth-order valence-corrected chi connectivity index (χ4v) is 4.53. The average Bonchev–Trinajstić information content (AvgIpc) is 3.24. The number of para-hydroxylation sites is 1. The van der Waals surface area contributed by atoms with Crippen LogP contribution in [0.4, 0.5) is 5.69 Å². The number of anilines is 1. The maximum atomic E-state index is 13.0. The number of aryl methyl sites for hydroxylation is 1. The molecular weight excluding hydrogens is 440 g/mol. The van der Waals surface area contributed by atoms with Gasteiger partial charge in [0.1, 0.15) is 17.1 Å². The molecule has 0 radical (unpaired) electrons. The number of sulfonamides is 1. The molecule has 1 aromatic heterocycles. The summed E-state index contributed by atoms with van der Waals surface area (Å²) in [6.45, 7) is 3.57. The first-order chi connectivity index (χ1) is 15.8. The maximum absolute atomic E-state index is 13.0. The molecule has 33 heavy (non-hydrogen) atoms. The molecule has 0 spiro atoms. The summed E-state index contributed by atoms with van der Waals surface area (Å²) in [6.07, 6.45) is 0. The number of benzene rings is 3. The molecule has 0 aliphatic rings. The predicted octanol–water partition coefficient (Wildman–Crippen LogP) is 5.04. The van der Waals surface area contributed by atoms with Gasteiger partial charge in [-0.1, -0.05) is 24.3 Å². The second kappa shape index (κ2) is 8.99. The van der Waals surface area contributed by atoms with Gasteiger partial charge in [-0.2, -0.15) is 0 Å². The fourth-order valence-electron chi connectivity index (χ4n) is 3.45. The average molecular weight is 465 g/mol. The molecule has 0 fully saturated rings. The van der Waals surface area contributed by atoms with Gasteiger partial charge in [0.05, 0.1) is 18.0 Å². The van der Waals surface area contributed by atoms with Crippen molar-refractivity contribution in [2.45, 2.75) is 24.8 Å². The molecule has 170 valence electrons. The molecule has 2 N–H and O–H groups in total. The van der Waals surface area contributed by atoms with Crippen LogP contribution in [0.2, 0.25) is 0 Å². The zero-order chi connectivity index (χ0) is 23.6. The molecule has 1 amide bonds. The lowest BCUT2D eigenvalue weighted by Gasteiger charge is -2.14. The van der Waals surface area contributed by atoms with Crippen LogP contribution in [-0.2, 0) is 10.0 Å². The predicted molar refractivity (Wildman–Crippen MR) is 127 cm³/mol. The summed E-state index contributed by atoms with van der Waals surface area (Å²) in [4.78, 5) is 13.0. The molecule has 8 heteroatoms. The third kappa shape index (κ3) is 4.85. The van der Waals surface area contributed by atoms with Crippen LogP contribution in [0, 0.1) is 6.92 Å². The lowest BCUT2D eigenvalue weighted by molar-refractivity contribution is 0.0935. The Labute approximate surface area is 192 Å². The Morgan fingerprint density at radius 2 is 1.73 bits per heavy atom. The van der Waals surface area contributed by atoms with E-state index >= 15 is 0 Å². The van der Waals surface area contributed by atoms with Gasteiger partial charge in [0.2, 0.25) is 0 Å². The van der Waals surface area contributed by atoms with Crippen molar-refractivity contribution in [2.75, 3.05) is 11.8 Å². The summed E-state index contributed by atoms with van der Waals surface area (Å²) < 4.78 is 39.2. The number of fused-ring (bicyclic) bond motifs is 1. The number of hydrogen-bond donors (Lipinski definition) is 2. The Hall–Kier alpha value is -3.78. The number of amides is 1. The number of rotatable bonds is 7. The highest BCUT2D eigenvalue weighted by molar-refractivity contribution is 7.92. The second-order valence-corrected chi connectivity index (χ2v) is 9.37. The summed E-state index contributed by atoms with van der Waals surface area (Å²) in [5, 5.41) is 3.84. The number of hydrogen-bond acceptors (Lipinski definition) is 5. The zero-order valence-corrected chi connectivity index (χ0v) is 19.3. The van der Waals surface area contributed by atoms with Gasteiger partial charge in [-0.05, 0) is 67.9 Å². The minimum atomic E-state index is -3.89. The zero-order valence-electron chi connectivity index (χ0n) is 18.5. The smallest absolute Gasteiger partial charge is 0.261 e. The van der Waals surface area contributed by atoms with Crippen LogP contribution in [-0.4, -0.2) is 21.4 Å². The maximum Gasteiger partial charge on any atom is 0.261 e. The van der Waals surface area contributed by atoms with E-state index in [1.54, 1.807) is 37.3 Å². The van der Waals surface area contributed by atoms with Crippen molar-refractivity contribution in [3.63, 3.8) is 0 Å². The van der Waals surface area contributed by atoms with Crippen molar-refractivity contribution < 1.29 is 22.4 Å². The molecule has 4 aromatic rings. The molecule has 0 bridgehead atoms. The van der Waals surface area contributed by atoms with Gasteiger partial charge >= 0.3 is 0 Å². The van der Waals surface area contributed by atoms with Crippen LogP contribution in [0.1, 0.15) is 34.6 Å². The Morgan fingerprint density at radius 3 is 2.42 bits per heavy atom. The first kappa shape index (κ1) is 22.4. The lowest BCUT2D eigenvalue weighted by atomic mass is 10.1. The lowest BCUT2D eigenvalue weighted by Crippen LogP contribution is -2.27. The third-order valence-corrected chi connectivity index (χ3v) is 6.70. The molecule has 7 nitrogen and oxygen atoms in total. The monoisotopic (exact) mass is 464 g/mol. The van der Waals surface area contributed by atoms with E-state index in [9.17, 15) is 13.2 Å². The Kier molecular flexibility index (Phi) is 6.11. The normalized spacial score (nSPS) is 12.3. The van der Waals surface area contributed by atoms with Crippen LogP contribution < -0.4 is 14.8 Å². The first-order valence-electron chi connectivity index (χ1n) is 10.3. The molecule has 0 aliphatic carbocycles. The number of nitrogens with one attached hydrogen (secondary N) is 2. The molecule has 1 heterocycles. The van der Waals surface area contributed by atoms with E-state index in [-0.39, 0.29) is 16.4 Å². The van der Waals surface area contributed by atoms with Gasteiger partial charge < -0.3 is 14.5 Å². The molecule has 0 saturated carbocycles. The molecule has 0 aliphatic heterocycles. The molecule has 0 saturated heterocycles. The molecule has 3 aromatic carbocycles. The van der Waals surface area contributed by atoms with Gasteiger partial charge in [-0.3, -0.25) is 9.52 Å². The minimum absolute atomic E-state index is 0.00883. The van der Waals surface area contributed by atoms with Gasteiger partial charge in [0.15, 0.2) is 0 Å². The number of carbonyl (C=O) groups is 1. The molecule has 4 rings (SSSR count). The SMILES string of the molecule is COc1ccc(NS(=O)(=O)c2ccc(C)c(C(=O)NC(C)c3cc4ccccc4o3)c2)cc1. The number of furan rings is 1.